The highest BCUT2D eigenvalue weighted by Crippen LogP contribution is 2.40. The highest BCUT2D eigenvalue weighted by Gasteiger charge is 2.37. The minimum atomic E-state index is -0.525. The number of anilines is 1. The van der Waals surface area contributed by atoms with E-state index < -0.39 is 5.63 Å². The summed E-state index contributed by atoms with van der Waals surface area (Å²) < 4.78 is 11.5. The van der Waals surface area contributed by atoms with Crippen molar-refractivity contribution in [2.75, 3.05) is 18.5 Å². The number of fused-ring (bicyclic) bond motifs is 5. The van der Waals surface area contributed by atoms with Crippen molar-refractivity contribution in [1.82, 2.24) is 5.32 Å². The monoisotopic (exact) mass is 665 g/mol. The summed E-state index contributed by atoms with van der Waals surface area (Å²) in [6, 6.07) is 0. The molecule has 0 aromatic carbocycles. The Morgan fingerprint density at radius 2 is 1.73 bits per heavy atom. The maximum absolute atomic E-state index is 14.1. The van der Waals surface area contributed by atoms with Crippen LogP contribution in [0.25, 0.3) is 11.3 Å². The van der Waals surface area contributed by atoms with E-state index in [0.717, 1.165) is 53.1 Å². The molecule has 0 amide bonds. The standard InChI is InChI=1S/C39H47N5O5/c1-9-14-40-38-34-22(7)29-17-30-24(11-3)19(4)26(41-30)18-31-33(23(8)45)21(6)28(42-31)16-27-20(5)25(12-13-32(46)48-15-10-2)36(43-27)35(37(34)44-29)39(47)49-38/h16-20,24-25,40-41H,9-15H2,1-8H3/t19-,20+,24-,25+/m1/s1. The van der Waals surface area contributed by atoms with E-state index in [-0.39, 0.29) is 41.8 Å². The average molecular weight is 666 g/mol. The molecule has 10 heteroatoms. The van der Waals surface area contributed by atoms with Crippen molar-refractivity contribution in [1.29, 1.82) is 0 Å². The Morgan fingerprint density at radius 3 is 2.43 bits per heavy atom. The summed E-state index contributed by atoms with van der Waals surface area (Å²) in [4.78, 5) is 55.1. The van der Waals surface area contributed by atoms with Crippen LogP contribution in [-0.2, 0) is 14.3 Å². The van der Waals surface area contributed by atoms with Gasteiger partial charge < -0.3 is 19.8 Å². The van der Waals surface area contributed by atoms with E-state index in [1.165, 1.54) is 0 Å². The van der Waals surface area contributed by atoms with Crippen LogP contribution in [0.2, 0.25) is 0 Å². The topological polar surface area (TPSA) is 135 Å². The molecule has 1 fully saturated rings. The number of ketones is 1. The van der Waals surface area contributed by atoms with Gasteiger partial charge in [-0.1, -0.05) is 34.6 Å². The van der Waals surface area contributed by atoms with Crippen molar-refractivity contribution in [3.05, 3.63) is 78.7 Å². The Kier molecular flexibility index (Phi) is 9.60. The predicted octanol–water partition coefficient (Wildman–Crippen LogP) is 5.67. The summed E-state index contributed by atoms with van der Waals surface area (Å²) in [6.07, 6.45) is 9.11. The zero-order valence-electron chi connectivity index (χ0n) is 29.9. The quantitative estimate of drug-likeness (QED) is 0.308. The molecule has 0 spiro atoms. The van der Waals surface area contributed by atoms with Crippen LogP contribution in [0.3, 0.4) is 0 Å². The zero-order valence-corrected chi connectivity index (χ0v) is 29.9. The minimum Gasteiger partial charge on any atom is -0.466 e. The summed E-state index contributed by atoms with van der Waals surface area (Å²) in [5, 5.41) is 7.84. The van der Waals surface area contributed by atoms with Crippen LogP contribution in [0.4, 0.5) is 5.88 Å². The third-order valence-corrected chi connectivity index (χ3v) is 10.4. The molecule has 2 N–H and O–H groups in total. The summed E-state index contributed by atoms with van der Waals surface area (Å²) in [5.41, 5.74) is 7.80. The number of aliphatic imine (C=N–C) groups is 2. The Balaban J connectivity index is 1.66. The number of hydrogen-bond acceptors (Lipinski definition) is 10. The largest absolute Gasteiger partial charge is 0.466 e. The predicted molar refractivity (Wildman–Crippen MR) is 192 cm³/mol. The summed E-state index contributed by atoms with van der Waals surface area (Å²) in [7, 11) is 0. The lowest BCUT2D eigenvalue weighted by molar-refractivity contribution is -0.143. The van der Waals surface area contributed by atoms with Crippen molar-refractivity contribution in [2.24, 2.45) is 38.6 Å². The molecule has 0 radical (unpaired) electrons. The van der Waals surface area contributed by atoms with E-state index in [4.69, 9.17) is 24.1 Å². The number of hydrogen-bond donors (Lipinski definition) is 2. The number of allylic oxidation sites excluding steroid dienone is 8. The van der Waals surface area contributed by atoms with Crippen LogP contribution in [0.1, 0.15) is 93.1 Å². The van der Waals surface area contributed by atoms with E-state index in [2.05, 4.69) is 44.4 Å². The highest BCUT2D eigenvalue weighted by molar-refractivity contribution is 6.29. The fourth-order valence-electron chi connectivity index (χ4n) is 7.62. The third kappa shape index (κ3) is 6.10. The molecule has 5 aliphatic rings. The van der Waals surface area contributed by atoms with Gasteiger partial charge in [-0.25, -0.2) is 14.8 Å². The maximum atomic E-state index is 14.1. The molecule has 258 valence electrons. The molecular formula is C39H47N5O5. The third-order valence-electron chi connectivity index (χ3n) is 10.4. The molecule has 0 saturated carbocycles. The number of nitrogens with one attached hydrogen (secondary N) is 2. The number of carbonyl (C=O) groups is 2. The molecule has 1 aromatic heterocycles. The van der Waals surface area contributed by atoms with Gasteiger partial charge in [0.1, 0.15) is 5.22 Å². The van der Waals surface area contributed by atoms with Crippen molar-refractivity contribution in [3.63, 3.8) is 0 Å². The maximum Gasteiger partial charge on any atom is 0.348 e. The van der Waals surface area contributed by atoms with Crippen LogP contribution in [0, 0.1) is 23.7 Å². The second-order valence-corrected chi connectivity index (χ2v) is 13.7. The number of nitrogens with zero attached hydrogens (tertiary/aromatic N) is 3. The van der Waals surface area contributed by atoms with Crippen LogP contribution in [0.5, 0.6) is 0 Å². The van der Waals surface area contributed by atoms with Crippen LogP contribution < -0.4 is 26.8 Å². The Labute approximate surface area is 287 Å². The molecule has 5 aliphatic heterocycles. The first kappa shape index (κ1) is 34.3. The number of Topliss-reactive ketones (excluding diaryl/α,β-unsaturated/α-hetero) is 1. The van der Waals surface area contributed by atoms with Gasteiger partial charge in [-0.05, 0) is 75.8 Å². The van der Waals surface area contributed by atoms with Crippen molar-refractivity contribution in [3.8, 4) is 0 Å². The smallest absolute Gasteiger partial charge is 0.348 e. The second-order valence-electron chi connectivity index (χ2n) is 13.7. The second kappa shape index (κ2) is 13.7. The van der Waals surface area contributed by atoms with Crippen molar-refractivity contribution in [2.45, 2.75) is 87.5 Å². The molecule has 1 aromatic rings. The molecule has 0 aliphatic carbocycles. The summed E-state index contributed by atoms with van der Waals surface area (Å²) in [5.74, 6) is -0.0474. The van der Waals surface area contributed by atoms with Crippen LogP contribution in [-0.4, -0.2) is 36.3 Å². The van der Waals surface area contributed by atoms with Gasteiger partial charge >= 0.3 is 11.6 Å². The SMILES string of the molecule is CCCNc1oc(=O)c2c3c1C(C)=C(C=C1NC(=CC4=NC(=CC5=NC=2[C@@H](CCC(=O)OCCC)[C@@H]5C)C(C)=C4C(C)=O)[C@H](C)[C@H]1CC)N=3. The molecule has 6 heterocycles. The van der Waals surface area contributed by atoms with Crippen molar-refractivity contribution < 1.29 is 18.7 Å². The van der Waals surface area contributed by atoms with Gasteiger partial charge in [-0.2, -0.15) is 0 Å². The molecule has 4 atom stereocenters. The lowest BCUT2D eigenvalue weighted by atomic mass is 9.85. The average Bonchev–Trinajstić information content (AvgIpc) is 3.74. The Hall–Kier alpha value is -4.60. The first-order valence-corrected chi connectivity index (χ1v) is 17.7. The number of rotatable bonds is 10. The number of carbonyl (C=O) groups excluding carboxylic acids is 2. The minimum absolute atomic E-state index is 0.0550. The van der Waals surface area contributed by atoms with E-state index in [1.807, 2.05) is 32.9 Å². The van der Waals surface area contributed by atoms with E-state index in [0.29, 0.717) is 64.4 Å². The van der Waals surface area contributed by atoms with E-state index in [1.54, 1.807) is 6.92 Å². The Bertz CT molecular complexity index is 2040. The fraction of sp³-hybridized carbons (Fsp3) is 0.487. The fourth-order valence-corrected chi connectivity index (χ4v) is 7.62. The van der Waals surface area contributed by atoms with Crippen LogP contribution >= 0.6 is 0 Å². The summed E-state index contributed by atoms with van der Waals surface area (Å²) in [6.45, 7) is 16.9. The molecule has 0 unspecified atom stereocenters. The normalized spacial score (nSPS) is 23.8. The van der Waals surface area contributed by atoms with Gasteiger partial charge in [0.15, 0.2) is 5.78 Å². The van der Waals surface area contributed by atoms with Gasteiger partial charge in [-0.15, -0.1) is 0 Å². The number of ether oxygens (including phenoxy) is 1. The van der Waals surface area contributed by atoms with Gasteiger partial charge in [0.05, 0.1) is 40.3 Å². The molecule has 10 nitrogen and oxygen atoms in total. The Morgan fingerprint density at radius 1 is 0.959 bits per heavy atom. The first-order chi connectivity index (χ1) is 23.5. The molecular weight excluding hydrogens is 618 g/mol. The molecule has 8 bridgehead atoms. The van der Waals surface area contributed by atoms with E-state index >= 15 is 0 Å². The number of esters is 1. The molecule has 6 rings (SSSR count). The van der Waals surface area contributed by atoms with Gasteiger partial charge in [0.25, 0.3) is 0 Å². The zero-order chi connectivity index (χ0) is 35.1. The molecule has 1 saturated heterocycles. The van der Waals surface area contributed by atoms with Crippen LogP contribution in [0.15, 0.2) is 76.4 Å². The van der Waals surface area contributed by atoms with Gasteiger partial charge in [-0.3, -0.25) is 14.6 Å². The lowest BCUT2D eigenvalue weighted by Crippen LogP contribution is -2.43. The molecule has 49 heavy (non-hydrogen) atoms. The first-order valence-electron chi connectivity index (χ1n) is 17.7. The lowest BCUT2D eigenvalue weighted by Gasteiger charge is -2.17. The van der Waals surface area contributed by atoms with Gasteiger partial charge in [0.2, 0.25) is 5.88 Å². The highest BCUT2D eigenvalue weighted by atomic mass is 16.5. The van der Waals surface area contributed by atoms with Gasteiger partial charge in [0, 0.05) is 59.3 Å². The summed E-state index contributed by atoms with van der Waals surface area (Å²) >= 11 is 0. The van der Waals surface area contributed by atoms with Crippen molar-refractivity contribution >= 4 is 40.3 Å². The van der Waals surface area contributed by atoms with E-state index in [9.17, 15) is 14.4 Å².